The van der Waals surface area contributed by atoms with Crippen molar-refractivity contribution in [1.82, 2.24) is 5.32 Å². The second-order valence-electron chi connectivity index (χ2n) is 5.51. The molecule has 2 atom stereocenters. The summed E-state index contributed by atoms with van der Waals surface area (Å²) >= 11 is 0. The summed E-state index contributed by atoms with van der Waals surface area (Å²) in [5.74, 6) is -2.98. The number of rotatable bonds is 4. The summed E-state index contributed by atoms with van der Waals surface area (Å²) in [6, 6.07) is 5.77. The number of nitro benzene ring substituents is 1. The number of hydrogen-bond acceptors (Lipinski definition) is 7. The molecule has 0 amide bonds. The Morgan fingerprint density at radius 2 is 1.96 bits per heavy atom. The third-order valence-electron chi connectivity index (χ3n) is 4.07. The van der Waals surface area contributed by atoms with Crippen molar-refractivity contribution in [1.29, 1.82) is 0 Å². The van der Waals surface area contributed by atoms with Crippen molar-refractivity contribution in [2.45, 2.75) is 12.8 Å². The highest BCUT2D eigenvalue weighted by Gasteiger charge is 2.43. The van der Waals surface area contributed by atoms with Gasteiger partial charge in [0, 0.05) is 29.4 Å². The summed E-state index contributed by atoms with van der Waals surface area (Å²) in [5.41, 5.74) is 1.28. The standard InChI is InChI=1S/C17H18N2O6/c1-9-13(16(20)24-3)15(14(10(2)18-9)17(21)25-4)11-6-5-7-12(8-11)19(22)23/h5-8,13,15,18H,1H2,2-4H3. The summed E-state index contributed by atoms with van der Waals surface area (Å²) in [7, 11) is 2.45. The molecule has 1 aromatic rings. The van der Waals surface area contributed by atoms with Gasteiger partial charge in [-0.1, -0.05) is 18.7 Å². The van der Waals surface area contributed by atoms with Crippen molar-refractivity contribution in [3.63, 3.8) is 0 Å². The molecule has 1 heterocycles. The van der Waals surface area contributed by atoms with Crippen LogP contribution in [-0.4, -0.2) is 31.1 Å². The fourth-order valence-corrected chi connectivity index (χ4v) is 2.97. The monoisotopic (exact) mass is 346 g/mol. The first-order valence-corrected chi connectivity index (χ1v) is 7.38. The maximum Gasteiger partial charge on any atom is 0.336 e. The van der Waals surface area contributed by atoms with Crippen LogP contribution in [0.15, 0.2) is 47.8 Å². The first-order valence-electron chi connectivity index (χ1n) is 7.38. The molecule has 0 fully saturated rings. The number of nitro groups is 1. The number of carbonyl (C=O) groups excluding carboxylic acids is 2. The zero-order valence-electron chi connectivity index (χ0n) is 14.1. The van der Waals surface area contributed by atoms with E-state index in [4.69, 9.17) is 9.47 Å². The normalized spacial score (nSPS) is 19.9. The zero-order valence-corrected chi connectivity index (χ0v) is 14.1. The zero-order chi connectivity index (χ0) is 18.7. The van der Waals surface area contributed by atoms with Crippen molar-refractivity contribution in [3.05, 3.63) is 63.5 Å². The van der Waals surface area contributed by atoms with E-state index in [9.17, 15) is 19.7 Å². The Morgan fingerprint density at radius 1 is 1.28 bits per heavy atom. The average Bonchev–Trinajstić information content (AvgIpc) is 2.59. The van der Waals surface area contributed by atoms with Gasteiger partial charge in [0.2, 0.25) is 0 Å². The van der Waals surface area contributed by atoms with E-state index in [0.717, 1.165) is 0 Å². The van der Waals surface area contributed by atoms with Gasteiger partial charge in [-0.05, 0) is 12.5 Å². The lowest BCUT2D eigenvalue weighted by Gasteiger charge is -2.34. The molecule has 1 aliphatic rings. The summed E-state index contributed by atoms with van der Waals surface area (Å²) in [5, 5.41) is 14.0. The van der Waals surface area contributed by atoms with Crippen molar-refractivity contribution >= 4 is 17.6 Å². The fourth-order valence-electron chi connectivity index (χ4n) is 2.97. The summed E-state index contributed by atoms with van der Waals surface area (Å²) in [4.78, 5) is 35.2. The molecule has 8 heteroatoms. The third kappa shape index (κ3) is 3.37. The number of hydrogen-bond donors (Lipinski definition) is 1. The van der Waals surface area contributed by atoms with E-state index >= 15 is 0 Å². The molecule has 0 spiro atoms. The highest BCUT2D eigenvalue weighted by Crippen LogP contribution is 2.41. The molecule has 1 N–H and O–H groups in total. The molecule has 0 aromatic heterocycles. The van der Waals surface area contributed by atoms with Gasteiger partial charge in [-0.3, -0.25) is 14.9 Å². The fraction of sp³-hybridized carbons (Fsp3) is 0.294. The Labute approximate surface area is 144 Å². The number of non-ortho nitro benzene ring substituents is 1. The molecule has 0 saturated heterocycles. The second-order valence-corrected chi connectivity index (χ2v) is 5.51. The van der Waals surface area contributed by atoms with Gasteiger partial charge >= 0.3 is 11.9 Å². The van der Waals surface area contributed by atoms with E-state index < -0.39 is 28.7 Å². The number of esters is 2. The van der Waals surface area contributed by atoms with Crippen LogP contribution >= 0.6 is 0 Å². The van der Waals surface area contributed by atoms with Crippen LogP contribution in [0.25, 0.3) is 0 Å². The topological polar surface area (TPSA) is 108 Å². The molecule has 0 saturated carbocycles. The van der Waals surface area contributed by atoms with Crippen LogP contribution in [0, 0.1) is 16.0 Å². The van der Waals surface area contributed by atoms with Gasteiger partial charge in [-0.25, -0.2) is 4.79 Å². The van der Waals surface area contributed by atoms with Gasteiger partial charge in [0.1, 0.15) is 5.92 Å². The van der Waals surface area contributed by atoms with Gasteiger partial charge in [0.05, 0.1) is 24.7 Å². The van der Waals surface area contributed by atoms with Gasteiger partial charge < -0.3 is 14.8 Å². The van der Waals surface area contributed by atoms with Crippen LogP contribution < -0.4 is 5.32 Å². The molecule has 0 aliphatic carbocycles. The highest BCUT2D eigenvalue weighted by atomic mass is 16.6. The third-order valence-corrected chi connectivity index (χ3v) is 4.07. The molecule has 0 bridgehead atoms. The summed E-state index contributed by atoms with van der Waals surface area (Å²) in [6.45, 7) is 5.48. The molecule has 25 heavy (non-hydrogen) atoms. The molecular formula is C17H18N2O6. The number of allylic oxidation sites excluding steroid dienone is 1. The average molecular weight is 346 g/mol. The quantitative estimate of drug-likeness (QED) is 0.505. The van der Waals surface area contributed by atoms with Crippen molar-refractivity contribution in [2.24, 2.45) is 5.92 Å². The van der Waals surface area contributed by atoms with Crippen LogP contribution in [-0.2, 0) is 19.1 Å². The summed E-state index contributed by atoms with van der Waals surface area (Å²) in [6.07, 6.45) is 0. The largest absolute Gasteiger partial charge is 0.468 e. The van der Waals surface area contributed by atoms with Crippen LogP contribution in [0.2, 0.25) is 0 Å². The molecule has 0 radical (unpaired) electrons. The Kier molecular flexibility index (Phi) is 5.21. The van der Waals surface area contributed by atoms with E-state index in [2.05, 4.69) is 11.9 Å². The number of benzene rings is 1. The van der Waals surface area contributed by atoms with Crippen LogP contribution in [0.3, 0.4) is 0 Å². The van der Waals surface area contributed by atoms with Crippen LogP contribution in [0.4, 0.5) is 5.69 Å². The second kappa shape index (κ2) is 7.16. The van der Waals surface area contributed by atoms with Crippen LogP contribution in [0.1, 0.15) is 18.4 Å². The Morgan fingerprint density at radius 3 is 2.52 bits per heavy atom. The number of methoxy groups -OCH3 is 2. The maximum absolute atomic E-state index is 12.3. The van der Waals surface area contributed by atoms with Crippen molar-refractivity contribution < 1.29 is 24.0 Å². The minimum absolute atomic E-state index is 0.146. The SMILES string of the molecule is C=C1NC(C)=C(C(=O)OC)C(c2cccc([N+](=O)[O-])c2)C1C(=O)OC. The molecular weight excluding hydrogens is 328 g/mol. The van der Waals surface area contributed by atoms with E-state index in [1.807, 2.05) is 0 Å². The minimum Gasteiger partial charge on any atom is -0.468 e. The lowest BCUT2D eigenvalue weighted by molar-refractivity contribution is -0.384. The Bertz CT molecular complexity index is 783. The molecule has 2 unspecified atom stereocenters. The summed E-state index contributed by atoms with van der Waals surface area (Å²) < 4.78 is 9.67. The number of nitrogens with zero attached hydrogens (tertiary/aromatic N) is 1. The Balaban J connectivity index is 2.70. The van der Waals surface area contributed by atoms with E-state index in [-0.39, 0.29) is 11.3 Å². The van der Waals surface area contributed by atoms with Gasteiger partial charge in [-0.2, -0.15) is 0 Å². The molecule has 2 rings (SSSR count). The minimum atomic E-state index is -0.926. The van der Waals surface area contributed by atoms with Gasteiger partial charge in [0.25, 0.3) is 5.69 Å². The van der Waals surface area contributed by atoms with Gasteiger partial charge in [-0.15, -0.1) is 0 Å². The van der Waals surface area contributed by atoms with E-state index in [0.29, 0.717) is 17.0 Å². The lowest BCUT2D eigenvalue weighted by Crippen LogP contribution is -2.39. The number of ether oxygens (including phenoxy) is 2. The molecule has 132 valence electrons. The first-order chi connectivity index (χ1) is 11.8. The maximum atomic E-state index is 12.3. The smallest absolute Gasteiger partial charge is 0.336 e. The molecule has 1 aromatic carbocycles. The van der Waals surface area contributed by atoms with Crippen LogP contribution in [0.5, 0.6) is 0 Å². The first kappa shape index (κ1) is 18.2. The number of nitrogens with one attached hydrogen (secondary N) is 1. The van der Waals surface area contributed by atoms with Crippen molar-refractivity contribution in [3.8, 4) is 0 Å². The predicted octanol–water partition coefficient (Wildman–Crippen LogP) is 2.03. The highest BCUT2D eigenvalue weighted by molar-refractivity contribution is 5.94. The lowest BCUT2D eigenvalue weighted by atomic mass is 9.75. The number of carbonyl (C=O) groups is 2. The Hall–Kier alpha value is -3.16. The van der Waals surface area contributed by atoms with Crippen molar-refractivity contribution in [2.75, 3.05) is 14.2 Å². The predicted molar refractivity (Wildman–Crippen MR) is 88.3 cm³/mol. The van der Waals surface area contributed by atoms with Gasteiger partial charge in [0.15, 0.2) is 0 Å². The molecule has 8 nitrogen and oxygen atoms in total. The molecule has 1 aliphatic heterocycles. The van der Waals surface area contributed by atoms with E-state index in [1.54, 1.807) is 13.0 Å². The van der Waals surface area contributed by atoms with E-state index in [1.165, 1.54) is 32.4 Å².